The average Bonchev–Trinajstić information content (AvgIpc) is 2.41. The van der Waals surface area contributed by atoms with E-state index in [4.69, 9.17) is 11.6 Å². The molecule has 2 aromatic carbocycles. The third-order valence-electron chi connectivity index (χ3n) is 2.48. The molecule has 0 radical (unpaired) electrons. The molecule has 0 N–H and O–H groups in total. The third-order valence-corrected chi connectivity index (χ3v) is 3.68. The summed E-state index contributed by atoms with van der Waals surface area (Å²) in [7, 11) is 0. The molecule has 0 atom stereocenters. The van der Waals surface area contributed by atoms with Crippen LogP contribution in [0, 0.1) is 0 Å². The lowest BCUT2D eigenvalue weighted by molar-refractivity contribution is 0.0989. The van der Waals surface area contributed by atoms with E-state index in [2.05, 4.69) is 12.1 Å². The van der Waals surface area contributed by atoms with Gasteiger partial charge < -0.3 is 0 Å². The van der Waals surface area contributed by atoms with E-state index >= 15 is 0 Å². The summed E-state index contributed by atoms with van der Waals surface area (Å²) in [5.41, 5.74) is 0.730. The van der Waals surface area contributed by atoms with Gasteiger partial charge in [-0.1, -0.05) is 42.1 Å². The van der Waals surface area contributed by atoms with Crippen LogP contribution >= 0.6 is 23.4 Å². The second-order valence-corrected chi connectivity index (χ2v) is 5.33. The molecular weight excluding hydrogens is 264 g/mol. The monoisotopic (exact) mass is 276 g/mol. The fourth-order valence-corrected chi connectivity index (χ4v) is 2.57. The molecule has 0 fully saturated rings. The highest BCUT2D eigenvalue weighted by atomic mass is 35.5. The van der Waals surface area contributed by atoms with Crippen molar-refractivity contribution >= 4 is 29.1 Å². The molecule has 0 unspecified atom stereocenters. The van der Waals surface area contributed by atoms with Gasteiger partial charge in [0, 0.05) is 27.7 Å². The maximum Gasteiger partial charge on any atom is 0.164 e. The number of rotatable bonds is 5. The van der Waals surface area contributed by atoms with E-state index < -0.39 is 0 Å². The highest BCUT2D eigenvalue weighted by Crippen LogP contribution is 2.27. The van der Waals surface area contributed by atoms with Gasteiger partial charge in [0.2, 0.25) is 0 Å². The lowest BCUT2D eigenvalue weighted by Crippen LogP contribution is -1.98. The first-order valence-corrected chi connectivity index (χ1v) is 7.07. The van der Waals surface area contributed by atoms with Crippen LogP contribution in [-0.2, 0) is 0 Å². The number of alkyl halides is 1. The van der Waals surface area contributed by atoms with Gasteiger partial charge in [-0.3, -0.25) is 4.79 Å². The van der Waals surface area contributed by atoms with Crippen LogP contribution in [0.4, 0.5) is 0 Å². The Balaban J connectivity index is 2.06. The van der Waals surface area contributed by atoms with Crippen LogP contribution < -0.4 is 0 Å². The summed E-state index contributed by atoms with van der Waals surface area (Å²) < 4.78 is 0. The standard InChI is InChI=1S/C15H13ClOS/c16-11-10-15(17)12-6-8-14(9-7-12)18-13-4-2-1-3-5-13/h1-9H,10-11H2. The molecule has 2 aromatic rings. The van der Waals surface area contributed by atoms with Crippen LogP contribution in [-0.4, -0.2) is 11.7 Å². The molecule has 18 heavy (non-hydrogen) atoms. The number of halogens is 1. The Morgan fingerprint density at radius 1 is 0.944 bits per heavy atom. The number of ketones is 1. The highest BCUT2D eigenvalue weighted by Gasteiger charge is 2.04. The maximum absolute atomic E-state index is 11.6. The van der Waals surface area contributed by atoms with Crippen molar-refractivity contribution in [3.63, 3.8) is 0 Å². The predicted molar refractivity (Wildman–Crippen MR) is 76.7 cm³/mol. The van der Waals surface area contributed by atoms with Crippen molar-refractivity contribution in [2.75, 3.05) is 5.88 Å². The fourth-order valence-electron chi connectivity index (χ4n) is 1.56. The van der Waals surface area contributed by atoms with Gasteiger partial charge in [0.05, 0.1) is 0 Å². The van der Waals surface area contributed by atoms with Crippen molar-refractivity contribution in [1.29, 1.82) is 0 Å². The highest BCUT2D eigenvalue weighted by molar-refractivity contribution is 7.99. The summed E-state index contributed by atoms with van der Waals surface area (Å²) in [5.74, 6) is 0.473. The maximum atomic E-state index is 11.6. The van der Waals surface area contributed by atoms with Gasteiger partial charge in [0.25, 0.3) is 0 Å². The molecule has 0 saturated carbocycles. The summed E-state index contributed by atoms with van der Waals surface area (Å²) in [6, 6.07) is 17.8. The zero-order valence-corrected chi connectivity index (χ0v) is 11.4. The van der Waals surface area contributed by atoms with E-state index in [0.29, 0.717) is 12.3 Å². The predicted octanol–water partition coefficient (Wildman–Crippen LogP) is 4.65. The zero-order chi connectivity index (χ0) is 12.8. The first-order chi connectivity index (χ1) is 8.79. The number of benzene rings is 2. The Labute approximate surface area is 116 Å². The second-order valence-electron chi connectivity index (χ2n) is 3.80. The normalized spacial score (nSPS) is 10.3. The van der Waals surface area contributed by atoms with Crippen LogP contribution in [0.3, 0.4) is 0 Å². The van der Waals surface area contributed by atoms with Crippen molar-refractivity contribution in [2.45, 2.75) is 16.2 Å². The molecule has 1 nitrogen and oxygen atoms in total. The Morgan fingerprint density at radius 2 is 1.56 bits per heavy atom. The molecule has 92 valence electrons. The Hall–Kier alpha value is -1.25. The van der Waals surface area contributed by atoms with E-state index in [1.807, 2.05) is 42.5 Å². The van der Waals surface area contributed by atoms with E-state index in [1.54, 1.807) is 11.8 Å². The molecule has 2 rings (SSSR count). The van der Waals surface area contributed by atoms with E-state index in [0.717, 1.165) is 10.5 Å². The van der Waals surface area contributed by atoms with Crippen LogP contribution in [0.5, 0.6) is 0 Å². The Kier molecular flexibility index (Phi) is 4.85. The topological polar surface area (TPSA) is 17.1 Å². The molecule has 0 saturated heterocycles. The lowest BCUT2D eigenvalue weighted by atomic mass is 10.1. The SMILES string of the molecule is O=C(CCCl)c1ccc(Sc2ccccc2)cc1. The van der Waals surface area contributed by atoms with Gasteiger partial charge >= 0.3 is 0 Å². The minimum Gasteiger partial charge on any atom is -0.294 e. The van der Waals surface area contributed by atoms with Gasteiger partial charge in [-0.05, 0) is 24.3 Å². The number of hydrogen-bond donors (Lipinski definition) is 0. The molecule has 3 heteroatoms. The van der Waals surface area contributed by atoms with Gasteiger partial charge in [0.15, 0.2) is 5.78 Å². The smallest absolute Gasteiger partial charge is 0.164 e. The summed E-state index contributed by atoms with van der Waals surface area (Å²) in [5, 5.41) is 0. The first-order valence-electron chi connectivity index (χ1n) is 5.72. The number of carbonyl (C=O) groups excluding carboxylic acids is 1. The number of Topliss-reactive ketones (excluding diaryl/α,β-unsaturated/α-hetero) is 1. The Bertz CT molecular complexity index is 508. The summed E-state index contributed by atoms with van der Waals surface area (Å²) in [6.45, 7) is 0. The summed E-state index contributed by atoms with van der Waals surface area (Å²) in [6.07, 6.45) is 0.396. The molecule has 0 aliphatic heterocycles. The Morgan fingerprint density at radius 3 is 2.17 bits per heavy atom. The van der Waals surface area contributed by atoms with Gasteiger partial charge in [-0.15, -0.1) is 11.6 Å². The van der Waals surface area contributed by atoms with Crippen molar-refractivity contribution in [1.82, 2.24) is 0 Å². The molecule has 0 aliphatic rings. The van der Waals surface area contributed by atoms with Crippen LogP contribution in [0.25, 0.3) is 0 Å². The largest absolute Gasteiger partial charge is 0.294 e. The fraction of sp³-hybridized carbons (Fsp3) is 0.133. The van der Waals surface area contributed by atoms with E-state index in [9.17, 15) is 4.79 Å². The average molecular weight is 277 g/mol. The van der Waals surface area contributed by atoms with E-state index in [-0.39, 0.29) is 5.78 Å². The molecule has 0 aromatic heterocycles. The van der Waals surface area contributed by atoms with Crippen molar-refractivity contribution < 1.29 is 4.79 Å². The van der Waals surface area contributed by atoms with Crippen molar-refractivity contribution in [3.05, 3.63) is 60.2 Å². The van der Waals surface area contributed by atoms with Crippen LogP contribution in [0.1, 0.15) is 16.8 Å². The minimum atomic E-state index is 0.0984. The number of hydrogen-bond acceptors (Lipinski definition) is 2. The lowest BCUT2D eigenvalue weighted by Gasteiger charge is -2.03. The van der Waals surface area contributed by atoms with Gasteiger partial charge in [-0.25, -0.2) is 0 Å². The molecule has 0 bridgehead atoms. The molecule has 0 spiro atoms. The van der Waals surface area contributed by atoms with E-state index in [1.165, 1.54) is 4.90 Å². The number of carbonyl (C=O) groups is 1. The van der Waals surface area contributed by atoms with Gasteiger partial charge in [0.1, 0.15) is 0 Å². The van der Waals surface area contributed by atoms with Gasteiger partial charge in [-0.2, -0.15) is 0 Å². The molecule has 0 heterocycles. The first kappa shape index (κ1) is 13.2. The molecule has 0 aliphatic carbocycles. The quantitative estimate of drug-likeness (QED) is 0.584. The van der Waals surface area contributed by atoms with Crippen LogP contribution in [0.2, 0.25) is 0 Å². The minimum absolute atomic E-state index is 0.0984. The van der Waals surface area contributed by atoms with Crippen LogP contribution in [0.15, 0.2) is 64.4 Å². The molecular formula is C15H13ClOS. The van der Waals surface area contributed by atoms with Crippen molar-refractivity contribution in [2.24, 2.45) is 0 Å². The third kappa shape index (κ3) is 3.62. The molecule has 0 amide bonds. The summed E-state index contributed by atoms with van der Waals surface area (Å²) in [4.78, 5) is 13.9. The second kappa shape index (κ2) is 6.62. The zero-order valence-electron chi connectivity index (χ0n) is 9.80. The summed E-state index contributed by atoms with van der Waals surface area (Å²) >= 11 is 7.24. The van der Waals surface area contributed by atoms with Crippen molar-refractivity contribution in [3.8, 4) is 0 Å².